The van der Waals surface area contributed by atoms with E-state index in [4.69, 9.17) is 0 Å². The predicted octanol–water partition coefficient (Wildman–Crippen LogP) is 7.18. The van der Waals surface area contributed by atoms with Crippen molar-refractivity contribution in [2.75, 3.05) is 0 Å². The maximum absolute atomic E-state index is 12.7. The van der Waals surface area contributed by atoms with Gasteiger partial charge in [0.05, 0.1) is 11.0 Å². The molecule has 0 aliphatic rings. The number of hydrogen-bond donors (Lipinski definition) is 1. The summed E-state index contributed by atoms with van der Waals surface area (Å²) in [6.45, 7) is 4.00. The lowest BCUT2D eigenvalue weighted by Gasteiger charge is -2.08. The minimum Gasteiger partial charge on any atom is -0.353 e. The first-order chi connectivity index (χ1) is 13.8. The van der Waals surface area contributed by atoms with Crippen LogP contribution >= 0.6 is 38.9 Å². The average Bonchev–Trinajstić information content (AvgIpc) is 3.06. The van der Waals surface area contributed by atoms with Gasteiger partial charge in [0.25, 0.3) is 5.56 Å². The summed E-state index contributed by atoms with van der Waals surface area (Å²) in [5.41, 5.74) is 3.09. The van der Waals surface area contributed by atoms with Gasteiger partial charge in [0.1, 0.15) is 11.6 Å². The van der Waals surface area contributed by atoms with E-state index in [0.29, 0.717) is 0 Å². The number of hydrogen-bond acceptors (Lipinski definition) is 3. The van der Waals surface area contributed by atoms with Gasteiger partial charge in [-0.25, -0.2) is 0 Å². The average molecular weight is 469 g/mol. The maximum atomic E-state index is 12.7. The molecule has 0 spiro atoms. The molecule has 0 saturated heterocycles. The van der Waals surface area contributed by atoms with Crippen LogP contribution in [0.3, 0.4) is 0 Å². The molecule has 4 aromatic rings. The molecule has 0 saturated carbocycles. The minimum atomic E-state index is -3.22. The third-order valence-electron chi connectivity index (χ3n) is 3.79. The fraction of sp³-hybridized carbons (Fsp3) is 0.100. The summed E-state index contributed by atoms with van der Waals surface area (Å²) in [7, 11) is 0. The van der Waals surface area contributed by atoms with Gasteiger partial charge in [0.2, 0.25) is 0 Å². The first kappa shape index (κ1) is 23.1. The molecule has 29 heavy (non-hydrogen) atoms. The highest BCUT2D eigenvalue weighted by atomic mass is 36.0. The number of nitrogens with one attached hydrogen (secondary N) is 1. The molecule has 0 bridgehead atoms. The van der Waals surface area contributed by atoms with Crippen molar-refractivity contribution >= 4 is 60.9 Å². The van der Waals surface area contributed by atoms with Crippen molar-refractivity contribution < 1.29 is 4.57 Å². The molecule has 0 fully saturated rings. The smallest absolute Gasteiger partial charge is 0.339 e. The van der Waals surface area contributed by atoms with Gasteiger partial charge in [0, 0.05) is 16.6 Å². The van der Waals surface area contributed by atoms with Crippen molar-refractivity contribution in [1.82, 2.24) is 9.55 Å². The molecule has 0 atom stereocenters. The van der Waals surface area contributed by atoms with Crippen LogP contribution in [-0.2, 0) is 4.57 Å². The molecule has 150 valence electrons. The highest BCUT2D eigenvalue weighted by molar-refractivity contribution is 8.24. The van der Waals surface area contributed by atoms with Gasteiger partial charge in [-0.1, -0.05) is 50.2 Å². The summed E-state index contributed by atoms with van der Waals surface area (Å²) < 4.78 is 11.1. The van der Waals surface area contributed by atoms with E-state index in [-0.39, 0.29) is 11.1 Å². The summed E-state index contributed by atoms with van der Waals surface area (Å²) in [6.07, 6.45) is 0. The van der Waals surface area contributed by atoms with E-state index in [9.17, 15) is 14.6 Å². The van der Waals surface area contributed by atoms with Crippen LogP contribution in [0.5, 0.6) is 0 Å². The van der Waals surface area contributed by atoms with E-state index in [1.165, 1.54) is 0 Å². The zero-order chi connectivity index (χ0) is 21.6. The Morgan fingerprint density at radius 1 is 0.966 bits per heavy atom. The molecule has 0 radical (unpaired) electrons. The number of nitriles is 1. The van der Waals surface area contributed by atoms with Crippen molar-refractivity contribution in [2.24, 2.45) is 0 Å². The number of benzene rings is 2. The predicted molar refractivity (Wildman–Crippen MR) is 123 cm³/mol. The molecule has 9 heteroatoms. The zero-order valence-electron chi connectivity index (χ0n) is 15.6. The number of fused-ring (bicyclic) bond motifs is 3. The Labute approximate surface area is 182 Å². The van der Waals surface area contributed by atoms with E-state index >= 15 is 0 Å². The first-order valence-electron chi connectivity index (χ1n) is 8.60. The normalized spacial score (nSPS) is 10.5. The molecule has 5 nitrogen and oxygen atoms in total. The van der Waals surface area contributed by atoms with E-state index in [1.54, 1.807) is 10.6 Å². The van der Waals surface area contributed by atoms with Crippen LogP contribution < -0.4 is 5.56 Å². The molecule has 4 rings (SSSR count). The lowest BCUT2D eigenvalue weighted by molar-refractivity contribution is 0.600. The van der Waals surface area contributed by atoms with Gasteiger partial charge in [-0.15, -0.1) is 0 Å². The first-order valence-corrected chi connectivity index (χ1v) is 13.0. The van der Waals surface area contributed by atoms with Crippen molar-refractivity contribution in [3.63, 3.8) is 0 Å². The Bertz CT molecular complexity index is 1260. The van der Waals surface area contributed by atoms with Crippen LogP contribution in [0.4, 0.5) is 0 Å². The summed E-state index contributed by atoms with van der Waals surface area (Å²) in [5.74, 6) is 0. The Morgan fingerprint density at radius 2 is 1.52 bits per heavy atom. The Morgan fingerprint density at radius 3 is 2.10 bits per heavy atom. The van der Waals surface area contributed by atoms with E-state index < -0.39 is 5.20 Å². The number of pyridine rings is 1. The molecular weight excluding hydrogens is 452 g/mol. The molecule has 2 heterocycles. The van der Waals surface area contributed by atoms with E-state index in [0.717, 1.165) is 27.6 Å². The van der Waals surface area contributed by atoms with Crippen LogP contribution in [0, 0.1) is 11.3 Å². The van der Waals surface area contributed by atoms with Crippen LogP contribution in [0.1, 0.15) is 19.4 Å². The monoisotopic (exact) mass is 467 g/mol. The summed E-state index contributed by atoms with van der Waals surface area (Å²) in [5, 5.41) is 6.99. The standard InChI is InChI=1S/C18H11N3O.C2H6.Cl3OP/c19-11-12-10-16-17(14-8-4-5-9-15(14)20-16)21(18(12)22)13-6-2-1-3-7-13;1-2;1-5(2,3)4/h1-10,20H;1-2H3;. The second kappa shape index (κ2) is 10.0. The second-order valence-electron chi connectivity index (χ2n) is 5.48. The van der Waals surface area contributed by atoms with Crippen molar-refractivity contribution in [3.8, 4) is 11.8 Å². The molecule has 0 aliphatic heterocycles. The van der Waals surface area contributed by atoms with Gasteiger partial charge in [-0.05, 0) is 58.0 Å². The number of aromatic nitrogens is 2. The lowest BCUT2D eigenvalue weighted by atomic mass is 10.2. The Balaban J connectivity index is 0.000000378. The Kier molecular flexibility index (Phi) is 7.96. The number of para-hydroxylation sites is 2. The zero-order valence-corrected chi connectivity index (χ0v) is 18.7. The van der Waals surface area contributed by atoms with E-state index in [2.05, 4.69) is 38.7 Å². The number of halogens is 3. The molecule has 2 aromatic heterocycles. The summed E-state index contributed by atoms with van der Waals surface area (Å²) >= 11 is 13.8. The van der Waals surface area contributed by atoms with Crippen LogP contribution in [-0.4, -0.2) is 9.55 Å². The summed E-state index contributed by atoms with van der Waals surface area (Å²) in [6, 6.07) is 20.8. The topological polar surface area (TPSA) is 78.7 Å². The SMILES string of the molecule is CC.N#Cc1cc2[nH]c3ccccc3c2n(-c2ccccc2)c1=O.O=P(Cl)(Cl)Cl. The molecule has 1 N–H and O–H groups in total. The molecule has 0 unspecified atom stereocenters. The molecule has 2 aromatic carbocycles. The van der Waals surface area contributed by atoms with Crippen molar-refractivity contribution in [3.05, 3.63) is 76.6 Å². The number of aromatic amines is 1. The van der Waals surface area contributed by atoms with Gasteiger partial charge >= 0.3 is 5.20 Å². The second-order valence-corrected chi connectivity index (χ2v) is 12.1. The van der Waals surface area contributed by atoms with Gasteiger partial charge in [0.15, 0.2) is 0 Å². The molecular formula is C20H17Cl3N3O2P. The van der Waals surface area contributed by atoms with Crippen LogP contribution in [0.15, 0.2) is 65.5 Å². The quantitative estimate of drug-likeness (QED) is 0.300. The highest BCUT2D eigenvalue weighted by Crippen LogP contribution is 2.61. The third-order valence-corrected chi connectivity index (χ3v) is 3.79. The molecule has 0 aliphatic carbocycles. The number of nitrogens with zero attached hydrogens (tertiary/aromatic N) is 2. The van der Waals surface area contributed by atoms with Crippen LogP contribution in [0.2, 0.25) is 0 Å². The van der Waals surface area contributed by atoms with Gasteiger partial charge in [-0.3, -0.25) is 13.9 Å². The fourth-order valence-electron chi connectivity index (χ4n) is 2.82. The van der Waals surface area contributed by atoms with Gasteiger partial charge < -0.3 is 4.98 Å². The Hall–Kier alpha value is -2.22. The van der Waals surface area contributed by atoms with Crippen molar-refractivity contribution in [2.45, 2.75) is 13.8 Å². The fourth-order valence-corrected chi connectivity index (χ4v) is 2.82. The van der Waals surface area contributed by atoms with Gasteiger partial charge in [-0.2, -0.15) is 5.26 Å². The maximum Gasteiger partial charge on any atom is 0.339 e. The molecule has 0 amide bonds. The summed E-state index contributed by atoms with van der Waals surface area (Å²) in [4.78, 5) is 16.0. The van der Waals surface area contributed by atoms with Crippen LogP contribution in [0.25, 0.3) is 27.6 Å². The number of H-pyrrole nitrogens is 1. The van der Waals surface area contributed by atoms with Crippen molar-refractivity contribution in [1.29, 1.82) is 5.26 Å². The highest BCUT2D eigenvalue weighted by Gasteiger charge is 2.15. The largest absolute Gasteiger partial charge is 0.353 e. The lowest BCUT2D eigenvalue weighted by Crippen LogP contribution is -2.21. The third kappa shape index (κ3) is 5.65. The minimum absolute atomic E-state index is 0.128. The van der Waals surface area contributed by atoms with E-state index in [1.807, 2.05) is 74.5 Å². The number of rotatable bonds is 1.